The van der Waals surface area contributed by atoms with Crippen molar-refractivity contribution in [3.8, 4) is 0 Å². The smallest absolute Gasteiger partial charge is 0.327 e. The Balaban J connectivity index is 3.51. The highest BCUT2D eigenvalue weighted by molar-refractivity contribution is 7.80. The van der Waals surface area contributed by atoms with Crippen molar-refractivity contribution in [2.45, 2.75) is 0 Å². The Morgan fingerprint density at radius 2 is 2.36 bits per heavy atom. The van der Waals surface area contributed by atoms with Gasteiger partial charge in [0.2, 0.25) is 0 Å². The van der Waals surface area contributed by atoms with E-state index in [0.29, 0.717) is 0 Å². The molecule has 11 heavy (non-hydrogen) atoms. The van der Waals surface area contributed by atoms with Crippen LogP contribution in [-0.4, -0.2) is 24.2 Å². The number of thiocarbonyl (C=S) groups is 1. The van der Waals surface area contributed by atoms with Gasteiger partial charge < -0.3 is 15.3 Å². The summed E-state index contributed by atoms with van der Waals surface area (Å²) in [6.07, 6.45) is 0. The van der Waals surface area contributed by atoms with Gasteiger partial charge in [0.1, 0.15) is 0 Å². The second kappa shape index (κ2) is 5.57. The Morgan fingerprint density at radius 3 is 2.82 bits per heavy atom. The van der Waals surface area contributed by atoms with Gasteiger partial charge in [-0.25, -0.2) is 0 Å². The zero-order chi connectivity index (χ0) is 8.69. The predicted octanol–water partition coefficient (Wildman–Crippen LogP) is -1.55. The molecule has 0 atom stereocenters. The number of nitrogens with one attached hydrogen (secondary N) is 1. The van der Waals surface area contributed by atoms with Crippen molar-refractivity contribution in [2.75, 3.05) is 6.54 Å². The molecule has 0 aromatic heterocycles. The predicted molar refractivity (Wildman–Crippen MR) is 38.0 cm³/mol. The number of carbonyl (C=O) groups excluding carboxylic acids is 2. The van der Waals surface area contributed by atoms with Gasteiger partial charge in [-0.2, -0.15) is 5.48 Å². The van der Waals surface area contributed by atoms with Crippen LogP contribution in [0.1, 0.15) is 0 Å². The summed E-state index contributed by atoms with van der Waals surface area (Å²) in [4.78, 5) is 23.9. The average Bonchev–Trinajstić information content (AvgIpc) is 2.00. The topological polar surface area (TPSA) is 90.7 Å². The van der Waals surface area contributed by atoms with Crippen molar-refractivity contribution in [3.63, 3.8) is 0 Å². The van der Waals surface area contributed by atoms with Crippen molar-refractivity contribution in [3.05, 3.63) is 0 Å². The molecule has 6 nitrogen and oxygen atoms in total. The summed E-state index contributed by atoms with van der Waals surface area (Å²) in [6, 6.07) is 0. The van der Waals surface area contributed by atoms with Gasteiger partial charge in [0.15, 0.2) is 0 Å². The molecular formula is C4H6N2O4S. The maximum Gasteiger partial charge on any atom is 0.327 e. The van der Waals surface area contributed by atoms with Crippen LogP contribution in [0.5, 0.6) is 0 Å². The van der Waals surface area contributed by atoms with Crippen molar-refractivity contribution in [2.24, 2.45) is 5.73 Å². The molecule has 0 heterocycles. The number of carbonyl (C=O) groups is 2. The van der Waals surface area contributed by atoms with Gasteiger partial charge in [-0.05, 0) is 12.2 Å². The van der Waals surface area contributed by atoms with Gasteiger partial charge >= 0.3 is 12.4 Å². The molecule has 0 unspecified atom stereocenters. The van der Waals surface area contributed by atoms with Crippen molar-refractivity contribution in [1.82, 2.24) is 5.48 Å². The molecule has 3 N–H and O–H groups in total. The Kier molecular flexibility index (Phi) is 4.95. The highest BCUT2D eigenvalue weighted by atomic mass is 32.1. The zero-order valence-corrected chi connectivity index (χ0v) is 6.22. The quantitative estimate of drug-likeness (QED) is 0.234. The Labute approximate surface area is 67.6 Å². The largest absolute Gasteiger partial charge is 0.396 e. The SMILES string of the molecule is NCC(=O)OC(=S)NOC=O. The summed E-state index contributed by atoms with van der Waals surface area (Å²) >= 11 is 4.37. The molecule has 0 rings (SSSR count). The summed E-state index contributed by atoms with van der Waals surface area (Å²) in [5, 5.41) is -0.354. The molecule has 0 amide bonds. The number of hydrogen-bond donors (Lipinski definition) is 2. The van der Waals surface area contributed by atoms with Gasteiger partial charge in [0.05, 0.1) is 6.54 Å². The minimum Gasteiger partial charge on any atom is -0.396 e. The molecule has 0 fully saturated rings. The minimum atomic E-state index is -0.711. The molecule has 0 saturated heterocycles. The van der Waals surface area contributed by atoms with Crippen LogP contribution in [0.4, 0.5) is 0 Å². The lowest BCUT2D eigenvalue weighted by Gasteiger charge is -2.02. The van der Waals surface area contributed by atoms with Crippen molar-refractivity contribution < 1.29 is 19.2 Å². The maximum atomic E-state index is 10.4. The third-order valence-corrected chi connectivity index (χ3v) is 0.730. The first-order valence-corrected chi connectivity index (χ1v) is 2.91. The second-order valence-electron chi connectivity index (χ2n) is 1.28. The Morgan fingerprint density at radius 1 is 1.73 bits per heavy atom. The van der Waals surface area contributed by atoms with Crippen LogP contribution in [0.3, 0.4) is 0 Å². The molecule has 0 aromatic carbocycles. The van der Waals surface area contributed by atoms with E-state index in [1.165, 1.54) is 0 Å². The van der Waals surface area contributed by atoms with Gasteiger partial charge in [-0.1, -0.05) is 0 Å². The summed E-state index contributed by atoms with van der Waals surface area (Å²) in [7, 11) is 0. The van der Waals surface area contributed by atoms with E-state index >= 15 is 0 Å². The lowest BCUT2D eigenvalue weighted by atomic mass is 10.7. The van der Waals surface area contributed by atoms with Crippen molar-refractivity contribution in [1.29, 1.82) is 0 Å². The van der Waals surface area contributed by atoms with Crippen molar-refractivity contribution >= 4 is 29.8 Å². The van der Waals surface area contributed by atoms with Crippen LogP contribution in [0.15, 0.2) is 0 Å². The minimum absolute atomic E-state index is 0.0998. The Bertz CT molecular complexity index is 171. The molecule has 0 aliphatic carbocycles. The summed E-state index contributed by atoms with van der Waals surface area (Å²) in [5.74, 6) is -0.711. The van der Waals surface area contributed by atoms with E-state index in [-0.39, 0.29) is 18.2 Å². The Hall–Kier alpha value is -1.21. The standard InChI is InChI=1S/C4H6N2O4S/c5-1-3(8)10-4(11)6-9-2-7/h2H,1,5H2,(H,6,11). The third-order valence-electron chi connectivity index (χ3n) is 0.564. The fourth-order valence-electron chi connectivity index (χ4n) is 0.238. The number of hydroxylamine groups is 1. The molecule has 0 spiro atoms. The van der Waals surface area contributed by atoms with Crippen LogP contribution in [0, 0.1) is 0 Å². The van der Waals surface area contributed by atoms with E-state index in [1.807, 2.05) is 5.48 Å². The van der Waals surface area contributed by atoms with Crippen LogP contribution in [0.25, 0.3) is 0 Å². The summed E-state index contributed by atoms with van der Waals surface area (Å²) in [6.45, 7) is -0.189. The molecule has 7 heteroatoms. The van der Waals surface area contributed by atoms with Crippen LogP contribution in [0.2, 0.25) is 0 Å². The second-order valence-corrected chi connectivity index (χ2v) is 1.65. The average molecular weight is 178 g/mol. The van der Waals surface area contributed by atoms with E-state index in [4.69, 9.17) is 5.73 Å². The van der Waals surface area contributed by atoms with Crippen LogP contribution in [-0.2, 0) is 19.2 Å². The highest BCUT2D eigenvalue weighted by Gasteiger charge is 2.02. The number of esters is 1. The first-order valence-electron chi connectivity index (χ1n) is 2.50. The molecular weight excluding hydrogens is 172 g/mol. The number of nitrogens with two attached hydrogens (primary N) is 1. The maximum absolute atomic E-state index is 10.4. The number of ether oxygens (including phenoxy) is 1. The molecule has 62 valence electrons. The number of hydrogen-bond acceptors (Lipinski definition) is 6. The summed E-state index contributed by atoms with van der Waals surface area (Å²) in [5.41, 5.74) is 6.74. The van der Waals surface area contributed by atoms with E-state index in [9.17, 15) is 9.59 Å². The molecule has 0 radical (unpaired) electrons. The lowest BCUT2D eigenvalue weighted by molar-refractivity contribution is -0.138. The number of rotatable bonds is 3. The molecule has 0 aromatic rings. The monoisotopic (exact) mass is 178 g/mol. The lowest BCUT2D eigenvalue weighted by Crippen LogP contribution is -2.29. The van der Waals surface area contributed by atoms with E-state index in [1.54, 1.807) is 0 Å². The molecule has 0 aliphatic heterocycles. The van der Waals surface area contributed by atoms with Gasteiger partial charge in [-0.15, -0.1) is 0 Å². The molecule has 0 saturated carbocycles. The van der Waals surface area contributed by atoms with Gasteiger partial charge in [0.25, 0.3) is 5.17 Å². The zero-order valence-electron chi connectivity index (χ0n) is 5.40. The summed E-state index contributed by atoms with van der Waals surface area (Å²) < 4.78 is 4.27. The van der Waals surface area contributed by atoms with Gasteiger partial charge in [-0.3, -0.25) is 9.59 Å². The van der Waals surface area contributed by atoms with Gasteiger partial charge in [0, 0.05) is 0 Å². The van der Waals surface area contributed by atoms with E-state index in [2.05, 4.69) is 21.8 Å². The molecule has 0 aliphatic rings. The molecule has 0 bridgehead atoms. The third kappa shape index (κ3) is 5.25. The highest BCUT2D eigenvalue weighted by Crippen LogP contribution is 1.78. The van der Waals surface area contributed by atoms with E-state index < -0.39 is 5.97 Å². The first kappa shape index (κ1) is 9.79. The fraction of sp³-hybridized carbons (Fsp3) is 0.250. The van der Waals surface area contributed by atoms with E-state index in [0.717, 1.165) is 0 Å². The normalized spacial score (nSPS) is 8.09. The van der Waals surface area contributed by atoms with Crippen LogP contribution < -0.4 is 11.2 Å². The fourth-order valence-corrected chi connectivity index (χ4v) is 0.379. The van der Waals surface area contributed by atoms with Crippen LogP contribution >= 0.6 is 12.2 Å². The first-order chi connectivity index (χ1) is 5.20.